The predicted octanol–water partition coefficient (Wildman–Crippen LogP) is 0.193. The minimum absolute atomic E-state index is 0. The van der Waals surface area contributed by atoms with E-state index in [-0.39, 0.29) is 35.3 Å². The smallest absolute Gasteiger partial charge is 0.333 e. The third-order valence-corrected chi connectivity index (χ3v) is 2.05. The van der Waals surface area contributed by atoms with E-state index >= 15 is 0 Å². The van der Waals surface area contributed by atoms with Crippen molar-refractivity contribution < 1.29 is 15.0 Å². The summed E-state index contributed by atoms with van der Waals surface area (Å²) in [5.41, 5.74) is 0. The molecule has 0 saturated carbocycles. The van der Waals surface area contributed by atoms with Gasteiger partial charge in [-0.15, -0.1) is 0 Å². The summed E-state index contributed by atoms with van der Waals surface area (Å²) in [6.45, 7) is 3.92. The van der Waals surface area contributed by atoms with Gasteiger partial charge in [0.25, 0.3) is 0 Å². The molecular weight excluding hydrogens is 175 g/mol. The summed E-state index contributed by atoms with van der Waals surface area (Å²) >= 11 is 1.44. The number of aliphatic hydroxyl groups excluding tert-OH is 1. The van der Waals surface area contributed by atoms with Crippen LogP contribution in [0.15, 0.2) is 0 Å². The second-order valence-corrected chi connectivity index (χ2v) is 3.85. The number of carbonyl (C=O) groups is 1. The van der Waals surface area contributed by atoms with Gasteiger partial charge >= 0.3 is 5.97 Å². The van der Waals surface area contributed by atoms with Gasteiger partial charge < -0.3 is 10.2 Å². The maximum atomic E-state index is 10.0. The average Bonchev–Trinajstić information content (AvgIpc) is 1.82. The molecule has 0 saturated heterocycles. The summed E-state index contributed by atoms with van der Waals surface area (Å²) < 4.78 is 0. The number of hydrogen-bond acceptors (Lipinski definition) is 3. The van der Waals surface area contributed by atoms with Crippen molar-refractivity contribution in [2.75, 3.05) is 5.75 Å². The first-order chi connectivity index (χ1) is 4.54. The van der Waals surface area contributed by atoms with Gasteiger partial charge in [0, 0.05) is 35.3 Å². The van der Waals surface area contributed by atoms with Crippen LogP contribution in [0.2, 0.25) is 0 Å². The van der Waals surface area contributed by atoms with Gasteiger partial charge in [-0.2, -0.15) is 11.8 Å². The Balaban J connectivity index is 0. The molecular formula is C6H12NaO3S. The zero-order valence-electron chi connectivity index (χ0n) is 7.07. The molecule has 11 heavy (non-hydrogen) atoms. The topological polar surface area (TPSA) is 57.5 Å². The van der Waals surface area contributed by atoms with Crippen molar-refractivity contribution in [2.24, 2.45) is 0 Å². The van der Waals surface area contributed by atoms with Crippen LogP contribution in [0.25, 0.3) is 0 Å². The summed E-state index contributed by atoms with van der Waals surface area (Å²) in [5.74, 6) is -0.874. The number of aliphatic hydroxyl groups is 1. The van der Waals surface area contributed by atoms with E-state index in [0.717, 1.165) is 0 Å². The molecule has 1 radical (unpaired) electrons. The molecule has 0 fully saturated rings. The van der Waals surface area contributed by atoms with E-state index in [9.17, 15) is 4.79 Å². The van der Waals surface area contributed by atoms with Crippen LogP contribution >= 0.6 is 11.8 Å². The van der Waals surface area contributed by atoms with E-state index in [4.69, 9.17) is 10.2 Å². The van der Waals surface area contributed by atoms with Crippen molar-refractivity contribution in [3.8, 4) is 0 Å². The zero-order valence-corrected chi connectivity index (χ0v) is 9.89. The molecule has 0 heterocycles. The Morgan fingerprint density at radius 3 is 2.27 bits per heavy atom. The van der Waals surface area contributed by atoms with Crippen LogP contribution in [0.1, 0.15) is 13.8 Å². The van der Waals surface area contributed by atoms with Gasteiger partial charge in [-0.3, -0.25) is 0 Å². The summed E-state index contributed by atoms with van der Waals surface area (Å²) in [7, 11) is 0. The third-order valence-electron chi connectivity index (χ3n) is 0.872. The molecule has 0 aliphatic heterocycles. The number of thioether (sulfide) groups is 1. The van der Waals surface area contributed by atoms with Crippen LogP contribution in [0, 0.1) is 0 Å². The van der Waals surface area contributed by atoms with E-state index in [0.29, 0.717) is 5.25 Å². The first-order valence-corrected chi connectivity index (χ1v) is 4.11. The van der Waals surface area contributed by atoms with Crippen LogP contribution < -0.4 is 0 Å². The second kappa shape index (κ2) is 7.43. The Morgan fingerprint density at radius 2 is 2.00 bits per heavy atom. The molecule has 0 rings (SSSR count). The van der Waals surface area contributed by atoms with E-state index in [1.54, 1.807) is 0 Å². The average molecular weight is 187 g/mol. The van der Waals surface area contributed by atoms with Crippen molar-refractivity contribution in [1.82, 2.24) is 0 Å². The molecule has 5 heteroatoms. The monoisotopic (exact) mass is 187 g/mol. The van der Waals surface area contributed by atoms with E-state index < -0.39 is 12.1 Å². The molecule has 2 N–H and O–H groups in total. The first kappa shape index (κ1) is 14.3. The molecule has 61 valence electrons. The molecule has 0 aromatic carbocycles. The Labute approximate surface area is 92.9 Å². The van der Waals surface area contributed by atoms with Crippen molar-refractivity contribution >= 4 is 47.3 Å². The number of carboxylic acids is 1. The minimum Gasteiger partial charge on any atom is -0.479 e. The van der Waals surface area contributed by atoms with Gasteiger partial charge in [0.05, 0.1) is 0 Å². The standard InChI is InChI=1S/C6H12O3S.Na/c1-4(2)10-3-5(7)6(8)9;/h4-5,7H,3H2,1-2H3,(H,8,9);/t5-;/m0./s1. The second-order valence-electron chi connectivity index (χ2n) is 2.24. The van der Waals surface area contributed by atoms with Crippen molar-refractivity contribution in [2.45, 2.75) is 25.2 Å². The van der Waals surface area contributed by atoms with Crippen LogP contribution in [0.5, 0.6) is 0 Å². The van der Waals surface area contributed by atoms with Crippen molar-refractivity contribution in [1.29, 1.82) is 0 Å². The fraction of sp³-hybridized carbons (Fsp3) is 0.833. The maximum Gasteiger partial charge on any atom is 0.333 e. The van der Waals surface area contributed by atoms with E-state index in [1.807, 2.05) is 13.8 Å². The molecule has 0 aliphatic rings. The molecule has 3 nitrogen and oxygen atoms in total. The van der Waals surface area contributed by atoms with Gasteiger partial charge in [0.2, 0.25) is 0 Å². The van der Waals surface area contributed by atoms with Gasteiger partial charge in [0.1, 0.15) is 0 Å². The van der Waals surface area contributed by atoms with Crippen LogP contribution in [-0.4, -0.2) is 62.8 Å². The normalized spacial score (nSPS) is 12.4. The maximum absolute atomic E-state index is 10.0. The van der Waals surface area contributed by atoms with Gasteiger partial charge in [-0.1, -0.05) is 13.8 Å². The Hall–Kier alpha value is 0.780. The largest absolute Gasteiger partial charge is 0.479 e. The molecule has 0 aromatic rings. The fourth-order valence-electron chi connectivity index (χ4n) is 0.355. The summed E-state index contributed by atoms with van der Waals surface area (Å²) in [4.78, 5) is 10.0. The molecule has 0 unspecified atom stereocenters. The van der Waals surface area contributed by atoms with Gasteiger partial charge in [-0.05, 0) is 5.25 Å². The summed E-state index contributed by atoms with van der Waals surface area (Å²) in [6.07, 6.45) is -1.22. The van der Waals surface area contributed by atoms with Gasteiger partial charge in [-0.25, -0.2) is 4.79 Å². The van der Waals surface area contributed by atoms with Crippen LogP contribution in [0.4, 0.5) is 0 Å². The Bertz CT molecular complexity index is 118. The van der Waals surface area contributed by atoms with Crippen LogP contribution in [-0.2, 0) is 4.79 Å². The minimum atomic E-state index is -1.22. The molecule has 0 amide bonds. The number of hydrogen-bond donors (Lipinski definition) is 2. The van der Waals surface area contributed by atoms with E-state index in [2.05, 4.69) is 0 Å². The number of aliphatic carboxylic acids is 1. The predicted molar refractivity (Wildman–Crippen MR) is 47.0 cm³/mol. The SMILES string of the molecule is CC(C)SC[C@H](O)C(=O)O.[Na]. The molecule has 0 aromatic heterocycles. The summed E-state index contributed by atoms with van der Waals surface area (Å²) in [6, 6.07) is 0. The summed E-state index contributed by atoms with van der Waals surface area (Å²) in [5, 5.41) is 17.4. The van der Waals surface area contributed by atoms with Crippen molar-refractivity contribution in [3.63, 3.8) is 0 Å². The zero-order chi connectivity index (χ0) is 8.15. The number of carboxylic acid groups (broad SMARTS) is 1. The molecule has 0 aliphatic carbocycles. The van der Waals surface area contributed by atoms with E-state index in [1.165, 1.54) is 11.8 Å². The molecule has 0 bridgehead atoms. The first-order valence-electron chi connectivity index (χ1n) is 3.06. The fourth-order valence-corrected chi connectivity index (χ4v) is 1.06. The van der Waals surface area contributed by atoms with Gasteiger partial charge in [0.15, 0.2) is 6.10 Å². The number of rotatable bonds is 4. The van der Waals surface area contributed by atoms with Crippen LogP contribution in [0.3, 0.4) is 0 Å². The Morgan fingerprint density at radius 1 is 1.55 bits per heavy atom. The quantitative estimate of drug-likeness (QED) is 0.617. The Kier molecular flexibility index (Phi) is 9.67. The third kappa shape index (κ3) is 8.69. The molecule has 0 spiro atoms. The van der Waals surface area contributed by atoms with Crippen molar-refractivity contribution in [3.05, 3.63) is 0 Å². The molecule has 1 atom stereocenters.